The molecule has 0 aliphatic carbocycles. The summed E-state index contributed by atoms with van der Waals surface area (Å²) >= 11 is 6.52. The van der Waals surface area contributed by atoms with Gasteiger partial charge in [0.1, 0.15) is 5.60 Å². The van der Waals surface area contributed by atoms with Crippen LogP contribution in [0.5, 0.6) is 0 Å². The van der Waals surface area contributed by atoms with E-state index >= 15 is 0 Å². The average Bonchev–Trinajstić information content (AvgIpc) is 3.01. The fourth-order valence-electron chi connectivity index (χ4n) is 4.26. The predicted octanol–water partition coefficient (Wildman–Crippen LogP) is 3.15. The van der Waals surface area contributed by atoms with Gasteiger partial charge in [0.05, 0.1) is 11.6 Å². The molecule has 4 aliphatic heterocycles. The largest absolute Gasteiger partial charge is 0.455 e. The summed E-state index contributed by atoms with van der Waals surface area (Å²) in [5, 5.41) is 5.81. The summed E-state index contributed by atoms with van der Waals surface area (Å²) in [7, 11) is 0. The molecule has 0 saturated carbocycles. The van der Waals surface area contributed by atoms with Gasteiger partial charge in [0.25, 0.3) is 6.02 Å². The molecule has 1 N–H and O–H groups in total. The summed E-state index contributed by atoms with van der Waals surface area (Å²) in [5.74, 6) is 1.21. The van der Waals surface area contributed by atoms with Crippen molar-refractivity contribution in [1.29, 1.82) is 0 Å². The van der Waals surface area contributed by atoms with E-state index in [9.17, 15) is 0 Å². The molecule has 1 aromatic heterocycles. The first kappa shape index (κ1) is 14.5. The highest BCUT2D eigenvalue weighted by molar-refractivity contribution is 6.38. The molecule has 2 bridgehead atoms. The third-order valence-electron chi connectivity index (χ3n) is 5.58. The second-order valence-electron chi connectivity index (χ2n) is 6.97. The maximum atomic E-state index is 6.52. The average molecular weight is 343 g/mol. The minimum atomic E-state index is -0.151. The van der Waals surface area contributed by atoms with Gasteiger partial charge in [0, 0.05) is 29.4 Å². The van der Waals surface area contributed by atoms with Crippen LogP contribution in [0.4, 0.5) is 5.82 Å². The number of hydrogen-bond acceptors (Lipinski definition) is 5. The van der Waals surface area contributed by atoms with Crippen LogP contribution >= 0.6 is 11.6 Å². The second kappa shape index (κ2) is 5.33. The Hall–Kier alpha value is -1.85. The first-order chi connectivity index (χ1) is 11.7. The van der Waals surface area contributed by atoms with Gasteiger partial charge in [-0.05, 0) is 25.9 Å². The summed E-state index contributed by atoms with van der Waals surface area (Å²) in [6.45, 7) is 4.08. The van der Waals surface area contributed by atoms with Gasteiger partial charge >= 0.3 is 0 Å². The lowest BCUT2D eigenvalue weighted by Gasteiger charge is -2.50. The monoisotopic (exact) mass is 342 g/mol. The van der Waals surface area contributed by atoms with Crippen LogP contribution in [0.15, 0.2) is 35.5 Å². The number of nitrogens with zero attached hydrogens (tertiary/aromatic N) is 3. The molecule has 6 heteroatoms. The Morgan fingerprint density at radius 1 is 1.25 bits per heavy atom. The van der Waals surface area contributed by atoms with Crippen LogP contribution in [0, 0.1) is 5.92 Å². The lowest BCUT2D eigenvalue weighted by Crippen LogP contribution is -2.61. The van der Waals surface area contributed by atoms with Crippen LogP contribution in [-0.2, 0) is 4.74 Å². The van der Waals surface area contributed by atoms with E-state index in [1.54, 1.807) is 0 Å². The Labute approximate surface area is 145 Å². The number of aromatic nitrogens is 1. The van der Waals surface area contributed by atoms with E-state index in [0.29, 0.717) is 22.8 Å². The van der Waals surface area contributed by atoms with Gasteiger partial charge in [-0.3, -0.25) is 10.2 Å². The normalized spacial score (nSPS) is 31.3. The molecular weight excluding hydrogens is 324 g/mol. The number of fused-ring (bicyclic) bond motifs is 3. The maximum Gasteiger partial charge on any atom is 0.291 e. The van der Waals surface area contributed by atoms with Crippen molar-refractivity contribution < 1.29 is 4.74 Å². The highest BCUT2D eigenvalue weighted by Crippen LogP contribution is 2.41. The van der Waals surface area contributed by atoms with Crippen molar-refractivity contribution in [1.82, 2.24) is 9.88 Å². The summed E-state index contributed by atoms with van der Waals surface area (Å²) in [6.07, 6.45) is 4.23. The van der Waals surface area contributed by atoms with Crippen molar-refractivity contribution >= 4 is 34.2 Å². The summed E-state index contributed by atoms with van der Waals surface area (Å²) in [5.41, 5.74) is -0.151. The van der Waals surface area contributed by atoms with Crippen molar-refractivity contribution in [2.45, 2.75) is 18.4 Å². The van der Waals surface area contributed by atoms with E-state index in [1.165, 1.54) is 25.9 Å². The van der Waals surface area contributed by atoms with Gasteiger partial charge in [-0.1, -0.05) is 35.9 Å². The number of ether oxygens (including phenoxy) is 1. The number of pyridine rings is 1. The Kier molecular flexibility index (Phi) is 3.22. The number of piperidine rings is 3. The maximum absolute atomic E-state index is 6.52. The van der Waals surface area contributed by atoms with Gasteiger partial charge in [-0.2, -0.15) is 0 Å². The quantitative estimate of drug-likeness (QED) is 0.865. The molecule has 1 spiro atoms. The molecule has 1 atom stereocenters. The second-order valence-corrected chi connectivity index (χ2v) is 7.35. The molecule has 6 rings (SSSR count). The van der Waals surface area contributed by atoms with E-state index < -0.39 is 0 Å². The minimum absolute atomic E-state index is 0.151. The lowest BCUT2D eigenvalue weighted by molar-refractivity contribution is -0.0829. The van der Waals surface area contributed by atoms with Crippen LogP contribution in [0.3, 0.4) is 0 Å². The predicted molar refractivity (Wildman–Crippen MR) is 95.7 cm³/mol. The van der Waals surface area contributed by atoms with Gasteiger partial charge in [-0.15, -0.1) is 0 Å². The molecule has 5 heterocycles. The number of benzene rings is 1. The van der Waals surface area contributed by atoms with Gasteiger partial charge < -0.3 is 4.74 Å². The molecule has 4 aliphatic rings. The van der Waals surface area contributed by atoms with Gasteiger partial charge in [-0.25, -0.2) is 9.98 Å². The zero-order valence-electron chi connectivity index (χ0n) is 13.3. The first-order valence-corrected chi connectivity index (χ1v) is 8.87. The molecule has 1 unspecified atom stereocenters. The molecule has 2 aromatic rings. The Bertz CT molecular complexity index is 831. The number of amidine groups is 1. The van der Waals surface area contributed by atoms with Crippen molar-refractivity contribution in [3.05, 3.63) is 35.5 Å². The molecule has 3 fully saturated rings. The lowest BCUT2D eigenvalue weighted by atomic mass is 9.75. The van der Waals surface area contributed by atoms with E-state index in [0.717, 1.165) is 23.9 Å². The topological polar surface area (TPSA) is 49.8 Å². The Balaban J connectivity index is 1.39. The number of aliphatic imine (C=N–C) groups is 1. The van der Waals surface area contributed by atoms with Crippen LogP contribution in [0.2, 0.25) is 5.02 Å². The Morgan fingerprint density at radius 3 is 2.88 bits per heavy atom. The highest BCUT2D eigenvalue weighted by Gasteiger charge is 2.51. The molecule has 0 amide bonds. The molecular formula is C18H19ClN4O. The zero-order chi connectivity index (χ0) is 16.1. The summed E-state index contributed by atoms with van der Waals surface area (Å²) < 4.78 is 6.29. The summed E-state index contributed by atoms with van der Waals surface area (Å²) in [4.78, 5) is 11.5. The standard InChI is InChI=1S/C18H19ClN4O/c19-15-14-4-2-1-3-12(14)9-20-16(15)22-17-21-10-18(24-17)11-23-7-5-13(18)6-8-23/h1-4,9,13H,5-8,10-11H2,(H,20,21,22). The third kappa shape index (κ3) is 2.19. The molecule has 5 nitrogen and oxygen atoms in total. The van der Waals surface area contributed by atoms with Crippen molar-refractivity contribution in [2.75, 3.05) is 31.5 Å². The highest BCUT2D eigenvalue weighted by atomic mass is 35.5. The van der Waals surface area contributed by atoms with Crippen LogP contribution in [-0.4, -0.2) is 47.7 Å². The fraction of sp³-hybridized carbons (Fsp3) is 0.444. The number of halogens is 1. The number of nitrogens with one attached hydrogen (secondary N) is 1. The number of anilines is 1. The molecule has 124 valence electrons. The van der Waals surface area contributed by atoms with Gasteiger partial charge in [0.15, 0.2) is 5.82 Å². The van der Waals surface area contributed by atoms with Crippen LogP contribution < -0.4 is 5.32 Å². The molecule has 0 radical (unpaired) electrons. The van der Waals surface area contributed by atoms with E-state index in [-0.39, 0.29) is 5.60 Å². The Morgan fingerprint density at radius 2 is 2.08 bits per heavy atom. The van der Waals surface area contributed by atoms with Crippen molar-refractivity contribution in [3.63, 3.8) is 0 Å². The third-order valence-corrected chi connectivity index (χ3v) is 5.96. The van der Waals surface area contributed by atoms with E-state index in [1.807, 2.05) is 30.5 Å². The molecule has 1 aromatic carbocycles. The van der Waals surface area contributed by atoms with Crippen LogP contribution in [0.1, 0.15) is 12.8 Å². The smallest absolute Gasteiger partial charge is 0.291 e. The number of hydrogen-bond donors (Lipinski definition) is 1. The van der Waals surface area contributed by atoms with Gasteiger partial charge in [0.2, 0.25) is 0 Å². The summed E-state index contributed by atoms with van der Waals surface area (Å²) in [6, 6.07) is 8.51. The zero-order valence-corrected chi connectivity index (χ0v) is 14.1. The molecule has 24 heavy (non-hydrogen) atoms. The van der Waals surface area contributed by atoms with E-state index in [4.69, 9.17) is 16.3 Å². The first-order valence-electron chi connectivity index (χ1n) is 8.50. The molecule has 3 saturated heterocycles. The van der Waals surface area contributed by atoms with Crippen molar-refractivity contribution in [2.24, 2.45) is 10.9 Å². The van der Waals surface area contributed by atoms with E-state index in [2.05, 4.69) is 20.2 Å². The SMILES string of the molecule is Clc1c(NC2=NCC3(CN4CCC3CC4)O2)ncc2ccccc12. The fourth-order valence-corrected chi connectivity index (χ4v) is 4.53. The number of rotatable bonds is 1. The van der Waals surface area contributed by atoms with Crippen molar-refractivity contribution in [3.8, 4) is 0 Å². The minimum Gasteiger partial charge on any atom is -0.455 e. The van der Waals surface area contributed by atoms with Crippen LogP contribution in [0.25, 0.3) is 10.8 Å².